The van der Waals surface area contributed by atoms with Crippen LogP contribution >= 0.6 is 25.6 Å². The van der Waals surface area contributed by atoms with Gasteiger partial charge in [0.2, 0.25) is 0 Å². The van der Waals surface area contributed by atoms with Gasteiger partial charge in [-0.2, -0.15) is 0 Å². The zero-order valence-electron chi connectivity index (χ0n) is 6.79. The van der Waals surface area contributed by atoms with Gasteiger partial charge in [0.15, 0.2) is 0 Å². The van der Waals surface area contributed by atoms with Crippen molar-refractivity contribution in [3.05, 3.63) is 0 Å². The summed E-state index contributed by atoms with van der Waals surface area (Å²) in [5.74, 6) is 3.99. The molecule has 0 heterocycles. The third-order valence-electron chi connectivity index (χ3n) is 0.704. The molecule has 0 saturated carbocycles. The first-order chi connectivity index (χ1) is 4.85. The van der Waals surface area contributed by atoms with Crippen LogP contribution in [0.15, 0.2) is 0 Å². The Morgan fingerprint density at radius 2 is 1.10 bits per heavy atom. The van der Waals surface area contributed by atoms with E-state index in [4.69, 9.17) is 0 Å². The van der Waals surface area contributed by atoms with E-state index >= 15 is 0 Å². The zero-order chi connectivity index (χ0) is 7.82. The van der Waals surface area contributed by atoms with E-state index in [9.17, 15) is 0 Å². The molecular weight excluding hydrogens is 377 g/mol. The topological polar surface area (TPSA) is 0 Å². The molecule has 0 aromatic rings. The molecule has 0 bridgehead atoms. The van der Waals surface area contributed by atoms with Crippen LogP contribution in [0.5, 0.6) is 0 Å². The Balaban J connectivity index is 3.30. The van der Waals surface area contributed by atoms with Crippen molar-refractivity contribution in [2.45, 2.75) is 20.8 Å². The predicted molar refractivity (Wildman–Crippen MR) is 60.2 cm³/mol. The molecule has 0 spiro atoms. The van der Waals surface area contributed by atoms with E-state index < -0.39 is 17.4 Å². The molecule has 62 valence electrons. The van der Waals surface area contributed by atoms with E-state index in [0.717, 1.165) is 0 Å². The first-order valence-corrected chi connectivity index (χ1v) is 19.1. The minimum absolute atomic E-state index is 1.07. The van der Waals surface area contributed by atoms with E-state index in [1.54, 1.807) is 0 Å². The summed E-state index contributed by atoms with van der Waals surface area (Å²) >= 11 is -1.07. The monoisotopic (exact) mass is 392 g/mol. The second-order valence-electron chi connectivity index (χ2n) is 1.48. The van der Waals surface area contributed by atoms with Crippen molar-refractivity contribution in [3.63, 3.8) is 0 Å². The maximum atomic E-state index is 2.28. The first kappa shape index (κ1) is 11.9. The minimum atomic E-state index is -1.07. The molecule has 0 radical (unpaired) electrons. The van der Waals surface area contributed by atoms with Gasteiger partial charge in [0.25, 0.3) is 0 Å². The Morgan fingerprint density at radius 1 is 0.800 bits per heavy atom. The zero-order valence-corrected chi connectivity index (χ0v) is 12.7. The molecule has 0 fully saturated rings. The molecule has 0 amide bonds. The Labute approximate surface area is 80.1 Å². The third-order valence-corrected chi connectivity index (χ3v) is 35.2. The summed E-state index contributed by atoms with van der Waals surface area (Å²) in [6.07, 6.45) is 0. The standard InChI is InChI=1S/3C2H6S.Bi/c3*1-2-3;/h3*3H,2H2,1H3;/q;;;+3/p-3. The molecule has 0 aliphatic rings. The molecule has 0 aromatic carbocycles. The van der Waals surface area contributed by atoms with Gasteiger partial charge >= 0.3 is 80.9 Å². The van der Waals surface area contributed by atoms with Crippen LogP contribution < -0.4 is 0 Å². The van der Waals surface area contributed by atoms with Crippen molar-refractivity contribution in [2.24, 2.45) is 0 Å². The summed E-state index contributed by atoms with van der Waals surface area (Å²) in [6.45, 7) is 6.83. The van der Waals surface area contributed by atoms with Crippen LogP contribution in [0.1, 0.15) is 20.8 Å². The molecule has 0 atom stereocenters. The van der Waals surface area contributed by atoms with Crippen LogP contribution in [-0.2, 0) is 0 Å². The summed E-state index contributed by atoms with van der Waals surface area (Å²) in [5.41, 5.74) is 0. The van der Waals surface area contributed by atoms with Gasteiger partial charge < -0.3 is 0 Å². The second kappa shape index (κ2) is 9.02. The fraction of sp³-hybridized carbons (Fsp3) is 1.00. The van der Waals surface area contributed by atoms with Crippen LogP contribution in [0.25, 0.3) is 0 Å². The molecule has 10 heavy (non-hydrogen) atoms. The summed E-state index contributed by atoms with van der Waals surface area (Å²) in [6, 6.07) is 0. The molecule has 0 N–H and O–H groups in total. The van der Waals surface area contributed by atoms with E-state index in [1.807, 2.05) is 0 Å². The molecular formula is C6H15BiS3. The maximum absolute atomic E-state index is 2.28. The van der Waals surface area contributed by atoms with E-state index in [-0.39, 0.29) is 0 Å². The molecule has 0 nitrogen and oxygen atoms in total. The fourth-order valence-electron chi connectivity index (χ4n) is 0.428. The summed E-state index contributed by atoms with van der Waals surface area (Å²) in [7, 11) is 6.77. The molecule has 0 aliphatic heterocycles. The van der Waals surface area contributed by atoms with Gasteiger partial charge in [0.1, 0.15) is 0 Å². The van der Waals surface area contributed by atoms with Gasteiger partial charge in [-0.05, 0) is 0 Å². The van der Waals surface area contributed by atoms with Gasteiger partial charge in [-0.25, -0.2) is 0 Å². The SMILES string of the molecule is CC[S][Bi]([S]CC)[S]CC. The van der Waals surface area contributed by atoms with Crippen molar-refractivity contribution in [1.82, 2.24) is 0 Å². The van der Waals surface area contributed by atoms with Crippen LogP contribution in [0.4, 0.5) is 0 Å². The second-order valence-corrected chi connectivity index (χ2v) is 30.5. The van der Waals surface area contributed by atoms with Gasteiger partial charge in [-0.3, -0.25) is 0 Å². The van der Waals surface area contributed by atoms with E-state index in [0.29, 0.717) is 0 Å². The van der Waals surface area contributed by atoms with Gasteiger partial charge in [-0.15, -0.1) is 0 Å². The normalized spacial score (nSPS) is 10.8. The summed E-state index contributed by atoms with van der Waals surface area (Å²) < 4.78 is 0. The van der Waals surface area contributed by atoms with E-state index in [2.05, 4.69) is 46.3 Å². The first-order valence-electron chi connectivity index (χ1n) is 3.54. The van der Waals surface area contributed by atoms with Crippen molar-refractivity contribution in [2.75, 3.05) is 17.3 Å². The van der Waals surface area contributed by atoms with Crippen molar-refractivity contribution in [3.8, 4) is 0 Å². The Kier molecular flexibility index (Phi) is 10.8. The summed E-state index contributed by atoms with van der Waals surface area (Å²) in [5, 5.41) is 0. The van der Waals surface area contributed by atoms with Crippen molar-refractivity contribution in [1.29, 1.82) is 0 Å². The number of hydrogen-bond acceptors (Lipinski definition) is 3. The average Bonchev–Trinajstić information content (AvgIpc) is 1.90. The molecule has 0 unspecified atom stereocenters. The van der Waals surface area contributed by atoms with Gasteiger partial charge in [-0.1, -0.05) is 0 Å². The van der Waals surface area contributed by atoms with Gasteiger partial charge in [0.05, 0.1) is 0 Å². The molecule has 0 saturated heterocycles. The number of hydrogen-bond donors (Lipinski definition) is 0. The van der Waals surface area contributed by atoms with Crippen LogP contribution in [0.3, 0.4) is 0 Å². The Hall–Kier alpha value is 1.93. The van der Waals surface area contributed by atoms with E-state index in [1.165, 1.54) is 17.3 Å². The van der Waals surface area contributed by atoms with Crippen LogP contribution in [-0.4, -0.2) is 34.6 Å². The molecule has 0 aromatic heterocycles. The Morgan fingerprint density at radius 3 is 1.30 bits per heavy atom. The third kappa shape index (κ3) is 6.63. The quantitative estimate of drug-likeness (QED) is 0.637. The molecule has 4 heteroatoms. The van der Waals surface area contributed by atoms with Crippen LogP contribution in [0.2, 0.25) is 0 Å². The van der Waals surface area contributed by atoms with Crippen LogP contribution in [0, 0.1) is 0 Å². The van der Waals surface area contributed by atoms with Gasteiger partial charge in [0, 0.05) is 0 Å². The fourth-order valence-corrected chi connectivity index (χ4v) is 33.8. The summed E-state index contributed by atoms with van der Waals surface area (Å²) in [4.78, 5) is 0. The van der Waals surface area contributed by atoms with Crippen molar-refractivity contribution >= 4 is 42.9 Å². The number of rotatable bonds is 6. The molecule has 0 rings (SSSR count). The average molecular weight is 392 g/mol. The van der Waals surface area contributed by atoms with Crippen molar-refractivity contribution < 1.29 is 0 Å². The predicted octanol–water partition coefficient (Wildman–Crippen LogP) is 3.23. The molecule has 0 aliphatic carbocycles. The Bertz CT molecular complexity index is 55.7.